The number of hydrogen-bond acceptors (Lipinski definition) is 6. The van der Waals surface area contributed by atoms with E-state index in [9.17, 15) is 23.3 Å². The highest BCUT2D eigenvalue weighted by molar-refractivity contribution is 7.93. The van der Waals surface area contributed by atoms with Crippen molar-refractivity contribution in [3.63, 3.8) is 0 Å². The lowest BCUT2D eigenvalue weighted by atomic mass is 9.88. The number of benzene rings is 1. The van der Waals surface area contributed by atoms with Crippen LogP contribution in [0, 0.1) is 23.0 Å². The molecular weight excluding hydrogens is 390 g/mol. The Kier molecular flexibility index (Phi) is 4.96. The molecule has 3 N–H and O–H groups in total. The Balaban J connectivity index is 2.03. The van der Waals surface area contributed by atoms with Crippen LogP contribution in [0.15, 0.2) is 23.1 Å². The van der Waals surface area contributed by atoms with E-state index < -0.39 is 20.9 Å². The van der Waals surface area contributed by atoms with E-state index in [1.165, 1.54) is 30.4 Å². The summed E-state index contributed by atoms with van der Waals surface area (Å²) >= 11 is 1.20. The van der Waals surface area contributed by atoms with E-state index >= 15 is 0 Å². The van der Waals surface area contributed by atoms with E-state index in [2.05, 4.69) is 11.6 Å². The van der Waals surface area contributed by atoms with Crippen molar-refractivity contribution in [1.29, 1.82) is 0 Å². The van der Waals surface area contributed by atoms with Crippen LogP contribution in [0.1, 0.15) is 39.7 Å². The third kappa shape index (κ3) is 3.67. The Hall–Kier alpha value is -2.46. The molecule has 1 aliphatic carbocycles. The van der Waals surface area contributed by atoms with Gasteiger partial charge < -0.3 is 5.73 Å². The molecule has 27 heavy (non-hydrogen) atoms. The number of sulfonamides is 1. The highest BCUT2D eigenvalue weighted by Gasteiger charge is 2.29. The van der Waals surface area contributed by atoms with Crippen LogP contribution < -0.4 is 10.5 Å². The van der Waals surface area contributed by atoms with Gasteiger partial charge in [-0.25, -0.2) is 8.42 Å². The number of nitrogens with two attached hydrogens (primary N) is 1. The predicted octanol–water partition coefficient (Wildman–Crippen LogP) is 2.99. The van der Waals surface area contributed by atoms with Crippen molar-refractivity contribution in [2.45, 2.75) is 38.0 Å². The molecule has 1 aromatic carbocycles. The number of aryl methyl sites for hydroxylation is 1. The fourth-order valence-electron chi connectivity index (χ4n) is 3.22. The van der Waals surface area contributed by atoms with Crippen LogP contribution in [-0.4, -0.2) is 19.2 Å². The number of nitro groups is 1. The highest BCUT2D eigenvalue weighted by Crippen LogP contribution is 2.40. The SMILES string of the molecule is Cc1ccc(S(=O)(=O)Nc2sc3c(c2C(N)=O)CC[C@@H](C)C3)cc1[N+](=O)[O-]. The van der Waals surface area contributed by atoms with Gasteiger partial charge in [-0.2, -0.15) is 0 Å². The van der Waals surface area contributed by atoms with Crippen molar-refractivity contribution in [1.82, 2.24) is 0 Å². The summed E-state index contributed by atoms with van der Waals surface area (Å²) < 4.78 is 27.9. The summed E-state index contributed by atoms with van der Waals surface area (Å²) in [5.74, 6) is -0.240. The molecule has 1 amide bonds. The van der Waals surface area contributed by atoms with Gasteiger partial charge >= 0.3 is 0 Å². The van der Waals surface area contributed by atoms with Crippen LogP contribution in [0.2, 0.25) is 0 Å². The largest absolute Gasteiger partial charge is 0.365 e. The summed E-state index contributed by atoms with van der Waals surface area (Å²) in [5.41, 5.74) is 6.58. The maximum atomic E-state index is 12.8. The van der Waals surface area contributed by atoms with Crippen LogP contribution >= 0.6 is 11.3 Å². The molecule has 1 heterocycles. The van der Waals surface area contributed by atoms with Crippen molar-refractivity contribution in [3.05, 3.63) is 49.9 Å². The Morgan fingerprint density at radius 2 is 2.11 bits per heavy atom. The maximum absolute atomic E-state index is 12.8. The number of carbonyl (C=O) groups excluding carboxylic acids is 1. The number of nitrogens with one attached hydrogen (secondary N) is 1. The molecule has 0 aliphatic heterocycles. The minimum atomic E-state index is -4.11. The quantitative estimate of drug-likeness (QED) is 0.578. The molecule has 10 heteroatoms. The lowest BCUT2D eigenvalue weighted by Gasteiger charge is -2.18. The van der Waals surface area contributed by atoms with E-state index in [0.717, 1.165) is 29.3 Å². The molecule has 2 aromatic rings. The second-order valence-corrected chi connectivity index (χ2v) is 9.52. The number of nitro benzene ring substituents is 1. The molecule has 1 aromatic heterocycles. The maximum Gasteiger partial charge on any atom is 0.273 e. The standard InChI is InChI=1S/C17H19N3O5S2/c1-9-3-6-12-14(7-9)26-17(15(12)16(18)21)19-27(24,25)11-5-4-10(2)13(8-11)20(22)23/h4-5,8-9,19H,3,6-7H2,1-2H3,(H2,18,21)/t9-/m1/s1. The van der Waals surface area contributed by atoms with E-state index in [0.29, 0.717) is 17.9 Å². The monoisotopic (exact) mass is 409 g/mol. The van der Waals surface area contributed by atoms with Gasteiger partial charge in [0.1, 0.15) is 5.00 Å². The number of carbonyl (C=O) groups is 1. The first kappa shape index (κ1) is 19.3. The van der Waals surface area contributed by atoms with Gasteiger partial charge in [0.05, 0.1) is 15.4 Å². The van der Waals surface area contributed by atoms with Crippen molar-refractivity contribution in [3.8, 4) is 0 Å². The van der Waals surface area contributed by atoms with Gasteiger partial charge in [0, 0.05) is 16.5 Å². The topological polar surface area (TPSA) is 132 Å². The third-order valence-electron chi connectivity index (χ3n) is 4.67. The molecule has 144 valence electrons. The van der Waals surface area contributed by atoms with Crippen molar-refractivity contribution < 1.29 is 18.1 Å². The molecule has 8 nitrogen and oxygen atoms in total. The van der Waals surface area contributed by atoms with E-state index in [1.54, 1.807) is 0 Å². The highest BCUT2D eigenvalue weighted by atomic mass is 32.2. The molecule has 0 bridgehead atoms. The van der Waals surface area contributed by atoms with Crippen LogP contribution in [0.4, 0.5) is 10.7 Å². The average molecular weight is 409 g/mol. The minimum Gasteiger partial charge on any atom is -0.365 e. The fraction of sp³-hybridized carbons (Fsp3) is 0.353. The van der Waals surface area contributed by atoms with Crippen LogP contribution in [0.25, 0.3) is 0 Å². The van der Waals surface area contributed by atoms with Gasteiger partial charge in [0.15, 0.2) is 0 Å². The second-order valence-electron chi connectivity index (χ2n) is 6.73. The van der Waals surface area contributed by atoms with E-state index in [4.69, 9.17) is 5.73 Å². The number of nitrogens with zero attached hydrogens (tertiary/aromatic N) is 1. The van der Waals surface area contributed by atoms with Crippen molar-refractivity contribution >= 4 is 38.0 Å². The molecule has 1 aliphatic rings. The predicted molar refractivity (Wildman–Crippen MR) is 103 cm³/mol. The number of anilines is 1. The molecule has 3 rings (SSSR count). The van der Waals surface area contributed by atoms with Crippen LogP contribution in [0.5, 0.6) is 0 Å². The number of thiophene rings is 1. The van der Waals surface area contributed by atoms with E-state index in [1.807, 2.05) is 0 Å². The number of hydrogen-bond donors (Lipinski definition) is 2. The molecular formula is C17H19N3O5S2. The molecule has 0 radical (unpaired) electrons. The smallest absolute Gasteiger partial charge is 0.273 e. The van der Waals surface area contributed by atoms with Gasteiger partial charge in [0.25, 0.3) is 21.6 Å². The van der Waals surface area contributed by atoms with Gasteiger partial charge in [-0.15, -0.1) is 11.3 Å². The van der Waals surface area contributed by atoms with Gasteiger partial charge in [-0.1, -0.05) is 13.0 Å². The first-order valence-electron chi connectivity index (χ1n) is 8.32. The van der Waals surface area contributed by atoms with Gasteiger partial charge in [-0.05, 0) is 43.7 Å². The minimum absolute atomic E-state index is 0.171. The zero-order chi connectivity index (χ0) is 19.9. The lowest BCUT2D eigenvalue weighted by molar-refractivity contribution is -0.385. The summed E-state index contributed by atoms with van der Waals surface area (Å²) in [5, 5.41) is 11.3. The Labute approximate surface area is 160 Å². The number of fused-ring (bicyclic) bond motifs is 1. The summed E-state index contributed by atoms with van der Waals surface area (Å²) in [7, 11) is -4.11. The fourth-order valence-corrected chi connectivity index (χ4v) is 5.96. The van der Waals surface area contributed by atoms with Crippen LogP contribution in [0.3, 0.4) is 0 Å². The zero-order valence-corrected chi connectivity index (χ0v) is 16.4. The summed E-state index contributed by atoms with van der Waals surface area (Å²) in [6, 6.07) is 3.68. The van der Waals surface area contributed by atoms with E-state index in [-0.39, 0.29) is 21.1 Å². The zero-order valence-electron chi connectivity index (χ0n) is 14.8. The Morgan fingerprint density at radius 1 is 1.41 bits per heavy atom. The second kappa shape index (κ2) is 6.93. The molecule has 0 saturated carbocycles. The van der Waals surface area contributed by atoms with Gasteiger partial charge in [-0.3, -0.25) is 19.6 Å². The summed E-state index contributed by atoms with van der Waals surface area (Å²) in [4.78, 5) is 23.1. The third-order valence-corrected chi connectivity index (χ3v) is 7.32. The number of rotatable bonds is 5. The summed E-state index contributed by atoms with van der Waals surface area (Å²) in [6.07, 6.45) is 2.33. The van der Waals surface area contributed by atoms with Crippen molar-refractivity contribution in [2.75, 3.05) is 4.72 Å². The molecule has 1 atom stereocenters. The Bertz CT molecular complexity index is 1040. The normalized spacial score (nSPS) is 16.6. The van der Waals surface area contributed by atoms with Crippen LogP contribution in [-0.2, 0) is 22.9 Å². The molecule has 0 spiro atoms. The first-order chi connectivity index (χ1) is 12.6. The van der Waals surface area contributed by atoms with Gasteiger partial charge in [0.2, 0.25) is 0 Å². The number of amides is 1. The number of primary amides is 1. The summed E-state index contributed by atoms with van der Waals surface area (Å²) in [6.45, 7) is 3.63. The average Bonchev–Trinajstić information content (AvgIpc) is 2.90. The molecule has 0 unspecified atom stereocenters. The lowest BCUT2D eigenvalue weighted by Crippen LogP contribution is -2.19. The Morgan fingerprint density at radius 3 is 2.74 bits per heavy atom. The molecule has 0 saturated heterocycles. The first-order valence-corrected chi connectivity index (χ1v) is 10.6. The molecule has 0 fully saturated rings. The van der Waals surface area contributed by atoms with Crippen molar-refractivity contribution in [2.24, 2.45) is 11.7 Å².